The number of rotatable bonds is 8. The number of thiophene rings is 1. The van der Waals surface area contributed by atoms with Gasteiger partial charge >= 0.3 is 0 Å². The van der Waals surface area contributed by atoms with Crippen molar-refractivity contribution in [2.75, 3.05) is 6.54 Å². The number of nitrogens with one attached hydrogen (secondary N) is 2. The van der Waals surface area contributed by atoms with Gasteiger partial charge in [0.05, 0.1) is 10.9 Å². The minimum Gasteiger partial charge on any atom is -0.340 e. The van der Waals surface area contributed by atoms with Crippen LogP contribution in [0.2, 0.25) is 0 Å². The molecular formula is C22H21FN2O3S2. The molecule has 1 amide bonds. The van der Waals surface area contributed by atoms with Gasteiger partial charge in [0.15, 0.2) is 0 Å². The molecule has 3 aromatic rings. The maximum absolute atomic E-state index is 13.3. The topological polar surface area (TPSA) is 75.3 Å². The van der Waals surface area contributed by atoms with Gasteiger partial charge in [0.2, 0.25) is 10.0 Å². The molecule has 0 saturated heterocycles. The highest BCUT2D eigenvalue weighted by Crippen LogP contribution is 2.29. The van der Waals surface area contributed by atoms with E-state index in [4.69, 9.17) is 0 Å². The van der Waals surface area contributed by atoms with E-state index in [-0.39, 0.29) is 16.3 Å². The quantitative estimate of drug-likeness (QED) is 0.549. The zero-order valence-corrected chi connectivity index (χ0v) is 17.7. The Balaban J connectivity index is 1.56. The molecule has 2 aromatic carbocycles. The molecule has 8 heteroatoms. The fourth-order valence-electron chi connectivity index (χ4n) is 3.08. The van der Waals surface area contributed by atoms with Crippen LogP contribution in [0, 0.1) is 11.7 Å². The number of hydrogen-bond donors (Lipinski definition) is 2. The molecule has 0 spiro atoms. The minimum absolute atomic E-state index is 0.0604. The van der Waals surface area contributed by atoms with Crippen molar-refractivity contribution in [3.05, 3.63) is 87.9 Å². The van der Waals surface area contributed by atoms with Crippen LogP contribution in [0.15, 0.2) is 70.9 Å². The molecule has 2 N–H and O–H groups in total. The van der Waals surface area contributed by atoms with Crippen LogP contribution < -0.4 is 10.0 Å². The van der Waals surface area contributed by atoms with Crippen molar-refractivity contribution in [3.63, 3.8) is 0 Å². The summed E-state index contributed by atoms with van der Waals surface area (Å²) in [5.74, 6) is -0.350. The second kappa shape index (κ2) is 8.67. The number of amides is 1. The Hall–Kier alpha value is -2.55. The molecule has 1 unspecified atom stereocenters. The van der Waals surface area contributed by atoms with Crippen LogP contribution in [0.4, 0.5) is 4.39 Å². The van der Waals surface area contributed by atoms with Crippen molar-refractivity contribution >= 4 is 27.3 Å². The van der Waals surface area contributed by atoms with E-state index >= 15 is 0 Å². The molecular weight excluding hydrogens is 423 g/mol. The molecule has 1 fully saturated rings. The Labute approximate surface area is 179 Å². The molecule has 30 heavy (non-hydrogen) atoms. The second-order valence-electron chi connectivity index (χ2n) is 7.30. The van der Waals surface area contributed by atoms with Gasteiger partial charge in [-0.3, -0.25) is 4.79 Å². The summed E-state index contributed by atoms with van der Waals surface area (Å²) in [6, 6.07) is 15.2. The first-order chi connectivity index (χ1) is 14.4. The summed E-state index contributed by atoms with van der Waals surface area (Å²) >= 11 is 1.48. The van der Waals surface area contributed by atoms with Gasteiger partial charge in [0.1, 0.15) is 5.82 Å². The van der Waals surface area contributed by atoms with Gasteiger partial charge in [-0.25, -0.2) is 17.5 Å². The van der Waals surface area contributed by atoms with E-state index in [1.807, 2.05) is 17.5 Å². The number of benzene rings is 2. The number of sulfonamides is 1. The average molecular weight is 445 g/mol. The summed E-state index contributed by atoms with van der Waals surface area (Å²) in [7, 11) is -3.67. The summed E-state index contributed by atoms with van der Waals surface area (Å²) in [5, 5.41) is 4.84. The maximum atomic E-state index is 13.3. The van der Waals surface area contributed by atoms with Crippen molar-refractivity contribution in [2.24, 2.45) is 5.92 Å². The van der Waals surface area contributed by atoms with E-state index in [1.165, 1.54) is 35.6 Å². The predicted octanol–water partition coefficient (Wildman–Crippen LogP) is 4.09. The molecule has 5 nitrogen and oxygen atoms in total. The molecule has 1 saturated carbocycles. The van der Waals surface area contributed by atoms with Crippen LogP contribution in [0.5, 0.6) is 0 Å². The monoisotopic (exact) mass is 444 g/mol. The lowest BCUT2D eigenvalue weighted by Crippen LogP contribution is -2.29. The minimum atomic E-state index is -3.67. The standard InChI is InChI=1S/C22H21FN2O3S2/c23-18-10-8-16(9-11-18)21(20-5-2-12-29-20)25-22(26)17-3-1-4-19(13-17)30(27,28)24-14-15-6-7-15/h1-5,8-13,15,21,24H,6-7,14H2,(H,25,26). The van der Waals surface area contributed by atoms with Crippen molar-refractivity contribution < 1.29 is 17.6 Å². The van der Waals surface area contributed by atoms with Gasteiger partial charge in [-0.1, -0.05) is 24.3 Å². The smallest absolute Gasteiger partial charge is 0.252 e. The van der Waals surface area contributed by atoms with Crippen molar-refractivity contribution in [1.82, 2.24) is 10.0 Å². The van der Waals surface area contributed by atoms with Crippen LogP contribution >= 0.6 is 11.3 Å². The lowest BCUT2D eigenvalue weighted by Gasteiger charge is -2.18. The largest absolute Gasteiger partial charge is 0.340 e. The lowest BCUT2D eigenvalue weighted by atomic mass is 10.0. The third-order valence-corrected chi connectivity index (χ3v) is 7.33. The van der Waals surface area contributed by atoms with Crippen LogP contribution in [-0.2, 0) is 10.0 Å². The zero-order valence-electron chi connectivity index (χ0n) is 16.0. The first-order valence-electron chi connectivity index (χ1n) is 9.62. The van der Waals surface area contributed by atoms with Crippen molar-refractivity contribution in [3.8, 4) is 0 Å². The van der Waals surface area contributed by atoms with Gasteiger partial charge in [-0.15, -0.1) is 11.3 Å². The van der Waals surface area contributed by atoms with Crippen molar-refractivity contribution in [2.45, 2.75) is 23.8 Å². The number of carbonyl (C=O) groups is 1. The van der Waals surface area contributed by atoms with Crippen LogP contribution in [0.1, 0.15) is 39.7 Å². The van der Waals surface area contributed by atoms with Gasteiger partial charge < -0.3 is 5.32 Å². The molecule has 4 rings (SSSR count). The molecule has 156 valence electrons. The van der Waals surface area contributed by atoms with E-state index < -0.39 is 22.0 Å². The first-order valence-corrected chi connectivity index (χ1v) is 12.0. The molecule has 0 aliphatic heterocycles. The van der Waals surface area contributed by atoms with E-state index in [1.54, 1.807) is 24.3 Å². The van der Waals surface area contributed by atoms with Gasteiger partial charge in [0.25, 0.3) is 5.91 Å². The molecule has 1 atom stereocenters. The number of carbonyl (C=O) groups excluding carboxylic acids is 1. The summed E-state index contributed by atoms with van der Waals surface area (Å²) in [6.07, 6.45) is 2.08. The molecule has 1 aromatic heterocycles. The molecule has 1 aliphatic rings. The fraction of sp³-hybridized carbons (Fsp3) is 0.227. The highest BCUT2D eigenvalue weighted by Gasteiger charge is 2.25. The normalized spacial score (nSPS) is 15.0. The summed E-state index contributed by atoms with van der Waals surface area (Å²) < 4.78 is 41.0. The molecule has 0 radical (unpaired) electrons. The first kappa shape index (κ1) is 20.7. The Bertz CT molecular complexity index is 1130. The highest BCUT2D eigenvalue weighted by molar-refractivity contribution is 7.89. The van der Waals surface area contributed by atoms with E-state index in [0.29, 0.717) is 12.5 Å². The third-order valence-electron chi connectivity index (χ3n) is 4.97. The van der Waals surface area contributed by atoms with Gasteiger partial charge in [-0.05, 0) is 66.1 Å². The number of hydrogen-bond acceptors (Lipinski definition) is 4. The summed E-state index contributed by atoms with van der Waals surface area (Å²) in [5.41, 5.74) is 0.982. The third kappa shape index (κ3) is 4.95. The maximum Gasteiger partial charge on any atom is 0.252 e. The van der Waals surface area contributed by atoms with Gasteiger partial charge in [-0.2, -0.15) is 0 Å². The Morgan fingerprint density at radius 1 is 1.10 bits per heavy atom. The molecule has 1 heterocycles. The SMILES string of the molecule is O=C(NC(c1ccc(F)cc1)c1cccs1)c1cccc(S(=O)(=O)NCC2CC2)c1. The molecule has 1 aliphatic carbocycles. The van der Waals surface area contributed by atoms with E-state index in [2.05, 4.69) is 10.0 Å². The highest BCUT2D eigenvalue weighted by atomic mass is 32.2. The van der Waals surface area contributed by atoms with Crippen LogP contribution in [0.25, 0.3) is 0 Å². The number of halogens is 1. The van der Waals surface area contributed by atoms with Gasteiger partial charge in [0, 0.05) is 17.0 Å². The van der Waals surface area contributed by atoms with Crippen molar-refractivity contribution in [1.29, 1.82) is 0 Å². The molecule has 0 bridgehead atoms. The lowest BCUT2D eigenvalue weighted by molar-refractivity contribution is 0.0943. The Morgan fingerprint density at radius 2 is 1.87 bits per heavy atom. The Morgan fingerprint density at radius 3 is 2.53 bits per heavy atom. The van der Waals surface area contributed by atoms with Crippen LogP contribution in [0.3, 0.4) is 0 Å². The van der Waals surface area contributed by atoms with Crippen LogP contribution in [-0.4, -0.2) is 20.9 Å². The van der Waals surface area contributed by atoms with E-state index in [0.717, 1.165) is 23.3 Å². The van der Waals surface area contributed by atoms with E-state index in [9.17, 15) is 17.6 Å². The predicted molar refractivity (Wildman–Crippen MR) is 114 cm³/mol. The zero-order chi connectivity index (χ0) is 21.1. The fourth-order valence-corrected chi connectivity index (χ4v) is 5.05. The second-order valence-corrected chi connectivity index (χ2v) is 10.0. The average Bonchev–Trinajstić information content (AvgIpc) is 3.43. The summed E-state index contributed by atoms with van der Waals surface area (Å²) in [4.78, 5) is 13.9. The summed E-state index contributed by atoms with van der Waals surface area (Å²) in [6.45, 7) is 0.420. The Kier molecular flexibility index (Phi) is 5.99.